The van der Waals surface area contributed by atoms with Gasteiger partial charge in [-0.25, -0.2) is 18.2 Å². The average molecular weight is 255 g/mol. The Balaban J connectivity index is 2.67. The zero-order chi connectivity index (χ0) is 9.84. The zero-order valence-corrected chi connectivity index (χ0v) is 7.98. The van der Waals surface area contributed by atoms with Gasteiger partial charge in [-0.1, -0.05) is 0 Å². The first kappa shape index (κ1) is 10.3. The van der Waals surface area contributed by atoms with Crippen molar-refractivity contribution in [2.75, 3.05) is 11.9 Å². The number of nitrogens with zero attached hydrogens (tertiary/aromatic N) is 1. The fourth-order valence-electron chi connectivity index (χ4n) is 0.718. The summed E-state index contributed by atoms with van der Waals surface area (Å²) in [5, 5.41) is 2.36. The van der Waals surface area contributed by atoms with E-state index in [1.165, 1.54) is 0 Å². The molecular formula is C7H6BrF3N2. The third kappa shape index (κ3) is 3.22. The van der Waals surface area contributed by atoms with E-state index in [4.69, 9.17) is 0 Å². The van der Waals surface area contributed by atoms with Gasteiger partial charge in [-0.15, -0.1) is 0 Å². The van der Waals surface area contributed by atoms with Gasteiger partial charge in [0.25, 0.3) is 6.43 Å². The molecule has 0 spiro atoms. The molecule has 1 rings (SSSR count). The van der Waals surface area contributed by atoms with E-state index in [2.05, 4.69) is 26.2 Å². The second kappa shape index (κ2) is 4.45. The Labute approximate surface area is 81.3 Å². The molecule has 0 bridgehead atoms. The van der Waals surface area contributed by atoms with Gasteiger partial charge in [0.05, 0.1) is 17.2 Å². The van der Waals surface area contributed by atoms with Crippen molar-refractivity contribution in [3.63, 3.8) is 0 Å². The quantitative estimate of drug-likeness (QED) is 0.898. The highest BCUT2D eigenvalue weighted by Gasteiger charge is 2.06. The van der Waals surface area contributed by atoms with E-state index in [0.29, 0.717) is 4.47 Å². The molecule has 0 saturated carbocycles. The molecule has 0 saturated heterocycles. The lowest BCUT2D eigenvalue weighted by Crippen LogP contribution is -2.11. The van der Waals surface area contributed by atoms with Crippen LogP contribution < -0.4 is 5.32 Å². The highest BCUT2D eigenvalue weighted by molar-refractivity contribution is 9.10. The Morgan fingerprint density at radius 3 is 2.77 bits per heavy atom. The van der Waals surface area contributed by atoms with Crippen LogP contribution in [0, 0.1) is 5.82 Å². The van der Waals surface area contributed by atoms with Crippen LogP contribution in [0.5, 0.6) is 0 Å². The summed E-state index contributed by atoms with van der Waals surface area (Å²) in [5.74, 6) is -0.309. The molecule has 1 heterocycles. The molecule has 0 aliphatic rings. The lowest BCUT2D eigenvalue weighted by atomic mass is 10.4. The van der Waals surface area contributed by atoms with Gasteiger partial charge in [0, 0.05) is 0 Å². The van der Waals surface area contributed by atoms with Crippen molar-refractivity contribution in [2.45, 2.75) is 6.43 Å². The first-order valence-corrected chi connectivity index (χ1v) is 4.22. The Hall–Kier alpha value is -0.780. The van der Waals surface area contributed by atoms with Crippen molar-refractivity contribution in [1.29, 1.82) is 0 Å². The van der Waals surface area contributed by atoms with Gasteiger partial charge in [0.15, 0.2) is 0 Å². The maximum Gasteiger partial charge on any atom is 0.255 e. The van der Waals surface area contributed by atoms with Crippen LogP contribution in [0.1, 0.15) is 0 Å². The lowest BCUT2D eigenvalue weighted by molar-refractivity contribution is 0.163. The predicted molar refractivity (Wildman–Crippen MR) is 46.4 cm³/mol. The monoisotopic (exact) mass is 254 g/mol. The Morgan fingerprint density at radius 1 is 1.54 bits per heavy atom. The van der Waals surface area contributed by atoms with Crippen LogP contribution in [-0.2, 0) is 0 Å². The smallest absolute Gasteiger partial charge is 0.255 e. The van der Waals surface area contributed by atoms with Crippen molar-refractivity contribution < 1.29 is 13.2 Å². The van der Waals surface area contributed by atoms with Crippen LogP contribution in [0.2, 0.25) is 0 Å². The minimum Gasteiger partial charge on any atom is -0.363 e. The molecule has 0 aromatic carbocycles. The van der Waals surface area contributed by atoms with Crippen LogP contribution in [-0.4, -0.2) is 18.0 Å². The molecule has 6 heteroatoms. The summed E-state index contributed by atoms with van der Waals surface area (Å²) in [7, 11) is 0. The number of hydrogen-bond donors (Lipinski definition) is 1. The summed E-state index contributed by atoms with van der Waals surface area (Å²) in [6, 6.07) is 1.15. The van der Waals surface area contributed by atoms with Gasteiger partial charge in [0.2, 0.25) is 0 Å². The molecule has 72 valence electrons. The molecule has 0 radical (unpaired) electrons. The summed E-state index contributed by atoms with van der Waals surface area (Å²) >= 11 is 2.99. The Kier molecular flexibility index (Phi) is 3.53. The average Bonchev–Trinajstić information content (AvgIpc) is 2.02. The Bertz CT molecular complexity index is 293. The highest BCUT2D eigenvalue weighted by atomic mass is 79.9. The molecule has 2 nitrogen and oxygen atoms in total. The van der Waals surface area contributed by atoms with E-state index in [-0.39, 0.29) is 5.82 Å². The third-order valence-electron chi connectivity index (χ3n) is 1.23. The molecule has 1 aromatic heterocycles. The molecule has 0 atom stereocenters. The van der Waals surface area contributed by atoms with E-state index in [9.17, 15) is 13.2 Å². The number of hydrogen-bond acceptors (Lipinski definition) is 2. The number of rotatable bonds is 3. The molecule has 0 aliphatic carbocycles. The highest BCUT2D eigenvalue weighted by Crippen LogP contribution is 2.20. The van der Waals surface area contributed by atoms with Gasteiger partial charge in [-0.05, 0) is 22.0 Å². The molecule has 1 aromatic rings. The number of nitrogens with one attached hydrogen (secondary N) is 1. The molecule has 1 N–H and O–H groups in total. The van der Waals surface area contributed by atoms with Gasteiger partial charge < -0.3 is 5.32 Å². The third-order valence-corrected chi connectivity index (χ3v) is 1.84. The number of anilines is 1. The molecule has 0 aliphatic heterocycles. The first-order valence-electron chi connectivity index (χ1n) is 3.42. The van der Waals surface area contributed by atoms with E-state index in [1.807, 2.05) is 0 Å². The summed E-state index contributed by atoms with van der Waals surface area (Å²) in [4.78, 5) is 3.58. The number of alkyl halides is 2. The standard InChI is InChI=1S/C7H6BrF3N2/c8-5-1-4(9)2-12-7(5)13-3-6(10)11/h1-2,6H,3H2,(H,12,13). The normalized spacial score (nSPS) is 10.5. The van der Waals surface area contributed by atoms with Gasteiger partial charge in [-0.2, -0.15) is 0 Å². The van der Waals surface area contributed by atoms with Crippen LogP contribution in [0.4, 0.5) is 19.0 Å². The van der Waals surface area contributed by atoms with Crippen molar-refractivity contribution in [2.24, 2.45) is 0 Å². The lowest BCUT2D eigenvalue weighted by Gasteiger charge is -2.05. The summed E-state index contributed by atoms with van der Waals surface area (Å²) < 4.78 is 36.3. The maximum absolute atomic E-state index is 12.5. The van der Waals surface area contributed by atoms with Crippen molar-refractivity contribution in [3.05, 3.63) is 22.6 Å². The van der Waals surface area contributed by atoms with Crippen molar-refractivity contribution >= 4 is 21.7 Å². The fraction of sp³-hybridized carbons (Fsp3) is 0.286. The van der Waals surface area contributed by atoms with Crippen LogP contribution in [0.15, 0.2) is 16.7 Å². The van der Waals surface area contributed by atoms with Crippen LogP contribution in [0.25, 0.3) is 0 Å². The van der Waals surface area contributed by atoms with E-state index >= 15 is 0 Å². The number of halogens is 4. The fourth-order valence-corrected chi connectivity index (χ4v) is 1.18. The topological polar surface area (TPSA) is 24.9 Å². The number of pyridine rings is 1. The van der Waals surface area contributed by atoms with Crippen molar-refractivity contribution in [1.82, 2.24) is 4.98 Å². The molecule has 0 amide bonds. The zero-order valence-electron chi connectivity index (χ0n) is 6.40. The molecule has 0 fully saturated rings. The molecule has 13 heavy (non-hydrogen) atoms. The van der Waals surface area contributed by atoms with Crippen LogP contribution in [0.3, 0.4) is 0 Å². The molecular weight excluding hydrogens is 249 g/mol. The first-order chi connectivity index (χ1) is 6.09. The van der Waals surface area contributed by atoms with Gasteiger partial charge in [0.1, 0.15) is 11.6 Å². The van der Waals surface area contributed by atoms with Crippen LogP contribution >= 0.6 is 15.9 Å². The summed E-state index contributed by atoms with van der Waals surface area (Å²) in [6.45, 7) is -0.503. The largest absolute Gasteiger partial charge is 0.363 e. The van der Waals surface area contributed by atoms with Crippen molar-refractivity contribution in [3.8, 4) is 0 Å². The summed E-state index contributed by atoms with van der Waals surface area (Å²) in [6.07, 6.45) is -1.50. The van der Waals surface area contributed by atoms with E-state index in [0.717, 1.165) is 12.3 Å². The maximum atomic E-state index is 12.5. The van der Waals surface area contributed by atoms with Gasteiger partial charge in [-0.3, -0.25) is 0 Å². The molecule has 0 unspecified atom stereocenters. The predicted octanol–water partition coefficient (Wildman–Crippen LogP) is 2.66. The minimum absolute atomic E-state index is 0.210. The SMILES string of the molecule is Fc1cnc(NCC(F)F)c(Br)c1. The van der Waals surface area contributed by atoms with Gasteiger partial charge >= 0.3 is 0 Å². The minimum atomic E-state index is -2.46. The second-order valence-corrected chi connectivity index (χ2v) is 3.11. The summed E-state index contributed by atoms with van der Waals surface area (Å²) in [5.41, 5.74) is 0. The van der Waals surface area contributed by atoms with E-state index in [1.54, 1.807) is 0 Å². The number of aromatic nitrogens is 1. The second-order valence-electron chi connectivity index (χ2n) is 2.26. The Morgan fingerprint density at radius 2 is 2.23 bits per heavy atom. The van der Waals surface area contributed by atoms with E-state index < -0.39 is 18.8 Å².